The number of piperazine rings is 1. The minimum Gasteiger partial charge on any atom is -0.334 e. The van der Waals surface area contributed by atoms with E-state index in [2.05, 4.69) is 17.3 Å². The van der Waals surface area contributed by atoms with Gasteiger partial charge in [0.05, 0.1) is 5.69 Å². The maximum absolute atomic E-state index is 12.3. The van der Waals surface area contributed by atoms with E-state index in [9.17, 15) is 4.79 Å². The molecule has 5 nitrogen and oxygen atoms in total. The topological polar surface area (TPSA) is 50.2 Å². The lowest BCUT2D eigenvalue weighted by atomic mass is 10.2. The van der Waals surface area contributed by atoms with E-state index < -0.39 is 0 Å². The van der Waals surface area contributed by atoms with Gasteiger partial charge in [-0.05, 0) is 19.4 Å². The molecule has 0 radical (unpaired) electrons. The second-order valence-electron chi connectivity index (χ2n) is 4.60. The van der Waals surface area contributed by atoms with Crippen molar-refractivity contribution in [1.82, 2.24) is 20.0 Å². The fourth-order valence-electron chi connectivity index (χ4n) is 2.18. The monoisotopic (exact) mass is 236 g/mol. The van der Waals surface area contributed by atoms with E-state index in [1.54, 1.807) is 4.68 Å². The molecule has 1 aromatic heterocycles. The zero-order valence-corrected chi connectivity index (χ0v) is 10.7. The Morgan fingerprint density at radius 1 is 1.65 bits per heavy atom. The first-order valence-corrected chi connectivity index (χ1v) is 6.17. The van der Waals surface area contributed by atoms with Crippen molar-refractivity contribution in [2.24, 2.45) is 7.05 Å². The van der Waals surface area contributed by atoms with Crippen LogP contribution < -0.4 is 5.32 Å². The van der Waals surface area contributed by atoms with Crippen molar-refractivity contribution >= 4 is 5.91 Å². The number of carbonyl (C=O) groups excluding carboxylic acids is 1. The van der Waals surface area contributed by atoms with Crippen LogP contribution in [-0.4, -0.2) is 46.3 Å². The molecule has 17 heavy (non-hydrogen) atoms. The van der Waals surface area contributed by atoms with Gasteiger partial charge in [0.15, 0.2) is 0 Å². The highest BCUT2D eigenvalue weighted by Gasteiger charge is 2.24. The molecule has 1 fully saturated rings. The lowest BCUT2D eigenvalue weighted by Gasteiger charge is -2.31. The summed E-state index contributed by atoms with van der Waals surface area (Å²) in [5.74, 6) is 0.0908. The van der Waals surface area contributed by atoms with Gasteiger partial charge in [-0.2, -0.15) is 5.10 Å². The lowest BCUT2D eigenvalue weighted by Crippen LogP contribution is -2.51. The third-order valence-electron chi connectivity index (χ3n) is 3.17. The molecule has 1 aromatic rings. The number of carbonyl (C=O) groups is 1. The van der Waals surface area contributed by atoms with E-state index in [1.807, 2.05) is 24.9 Å². The summed E-state index contributed by atoms with van der Waals surface area (Å²) in [4.78, 5) is 14.2. The SMILES string of the molecule is CCc1cc(C(=O)N2CCNC(C)C2)n(C)n1. The molecule has 0 spiro atoms. The van der Waals surface area contributed by atoms with Crippen LogP contribution in [0.2, 0.25) is 0 Å². The molecule has 0 aromatic carbocycles. The number of aryl methyl sites for hydroxylation is 2. The van der Waals surface area contributed by atoms with E-state index in [4.69, 9.17) is 0 Å². The Bertz CT molecular complexity index is 413. The molecule has 1 N–H and O–H groups in total. The Labute approximate surface area is 102 Å². The molecule has 1 amide bonds. The molecule has 1 atom stereocenters. The molecule has 2 rings (SSSR count). The standard InChI is InChI=1S/C12H20N4O/c1-4-10-7-11(15(3)14-10)12(17)16-6-5-13-9(2)8-16/h7,9,13H,4-6,8H2,1-3H3. The highest BCUT2D eigenvalue weighted by Crippen LogP contribution is 2.09. The molecule has 0 saturated carbocycles. The predicted molar refractivity (Wildman–Crippen MR) is 66.0 cm³/mol. The van der Waals surface area contributed by atoms with Crippen LogP contribution in [0.5, 0.6) is 0 Å². The minimum absolute atomic E-state index is 0.0908. The number of aromatic nitrogens is 2. The smallest absolute Gasteiger partial charge is 0.272 e. The van der Waals surface area contributed by atoms with Gasteiger partial charge in [-0.25, -0.2) is 0 Å². The highest BCUT2D eigenvalue weighted by atomic mass is 16.2. The van der Waals surface area contributed by atoms with Gasteiger partial charge in [0, 0.05) is 32.7 Å². The maximum Gasteiger partial charge on any atom is 0.272 e. The van der Waals surface area contributed by atoms with Gasteiger partial charge in [-0.1, -0.05) is 6.92 Å². The Balaban J connectivity index is 2.15. The molecule has 1 aliphatic heterocycles. The van der Waals surface area contributed by atoms with Crippen molar-refractivity contribution < 1.29 is 4.79 Å². The zero-order chi connectivity index (χ0) is 12.4. The average Bonchev–Trinajstić information content (AvgIpc) is 2.69. The van der Waals surface area contributed by atoms with Gasteiger partial charge in [0.1, 0.15) is 5.69 Å². The van der Waals surface area contributed by atoms with E-state index in [0.29, 0.717) is 11.7 Å². The maximum atomic E-state index is 12.3. The second kappa shape index (κ2) is 4.87. The van der Waals surface area contributed by atoms with Gasteiger partial charge in [-0.3, -0.25) is 9.48 Å². The van der Waals surface area contributed by atoms with E-state index >= 15 is 0 Å². The van der Waals surface area contributed by atoms with Crippen LogP contribution >= 0.6 is 0 Å². The Morgan fingerprint density at radius 2 is 2.41 bits per heavy atom. The van der Waals surface area contributed by atoms with Crippen LogP contribution in [0.1, 0.15) is 30.0 Å². The van der Waals surface area contributed by atoms with Gasteiger partial charge >= 0.3 is 0 Å². The number of nitrogens with one attached hydrogen (secondary N) is 1. The molecule has 2 heterocycles. The quantitative estimate of drug-likeness (QED) is 0.809. The second-order valence-corrected chi connectivity index (χ2v) is 4.60. The molecule has 5 heteroatoms. The summed E-state index contributed by atoms with van der Waals surface area (Å²) < 4.78 is 1.69. The molecule has 0 aliphatic carbocycles. The fourth-order valence-corrected chi connectivity index (χ4v) is 2.18. The first-order chi connectivity index (χ1) is 8.11. The normalized spacial score (nSPS) is 20.6. The lowest BCUT2D eigenvalue weighted by molar-refractivity contribution is 0.0698. The highest BCUT2D eigenvalue weighted by molar-refractivity contribution is 5.92. The summed E-state index contributed by atoms with van der Waals surface area (Å²) in [6.07, 6.45) is 0.860. The van der Waals surface area contributed by atoms with Crippen molar-refractivity contribution in [3.8, 4) is 0 Å². The van der Waals surface area contributed by atoms with Gasteiger partial charge < -0.3 is 10.2 Å². The molecule has 1 aliphatic rings. The largest absolute Gasteiger partial charge is 0.334 e. The van der Waals surface area contributed by atoms with Crippen LogP contribution in [0.4, 0.5) is 0 Å². The zero-order valence-electron chi connectivity index (χ0n) is 10.7. The summed E-state index contributed by atoms with van der Waals surface area (Å²) in [6.45, 7) is 6.55. The average molecular weight is 236 g/mol. The summed E-state index contributed by atoms with van der Waals surface area (Å²) in [6, 6.07) is 2.27. The minimum atomic E-state index is 0.0908. The summed E-state index contributed by atoms with van der Waals surface area (Å²) in [7, 11) is 1.83. The van der Waals surface area contributed by atoms with E-state index in [0.717, 1.165) is 31.7 Å². The van der Waals surface area contributed by atoms with Crippen LogP contribution in [-0.2, 0) is 13.5 Å². The molecular formula is C12H20N4O. The summed E-state index contributed by atoms with van der Waals surface area (Å²) >= 11 is 0. The number of hydrogen-bond acceptors (Lipinski definition) is 3. The molecule has 94 valence electrons. The van der Waals surface area contributed by atoms with Crippen LogP contribution in [0.15, 0.2) is 6.07 Å². The Morgan fingerprint density at radius 3 is 3.00 bits per heavy atom. The van der Waals surface area contributed by atoms with Crippen LogP contribution in [0.3, 0.4) is 0 Å². The Kier molecular flexibility index (Phi) is 3.47. The fraction of sp³-hybridized carbons (Fsp3) is 0.667. The molecule has 1 unspecified atom stereocenters. The number of rotatable bonds is 2. The first kappa shape index (κ1) is 12.1. The molecule has 1 saturated heterocycles. The Hall–Kier alpha value is -1.36. The number of hydrogen-bond donors (Lipinski definition) is 1. The van der Waals surface area contributed by atoms with Crippen molar-refractivity contribution in [1.29, 1.82) is 0 Å². The third kappa shape index (κ3) is 2.49. The molecular weight excluding hydrogens is 216 g/mol. The van der Waals surface area contributed by atoms with Gasteiger partial charge in [0.25, 0.3) is 5.91 Å². The van der Waals surface area contributed by atoms with Gasteiger partial charge in [0.2, 0.25) is 0 Å². The van der Waals surface area contributed by atoms with Crippen LogP contribution in [0, 0.1) is 0 Å². The molecule has 0 bridgehead atoms. The van der Waals surface area contributed by atoms with Crippen molar-refractivity contribution in [3.05, 3.63) is 17.5 Å². The number of nitrogens with zero attached hydrogens (tertiary/aromatic N) is 3. The van der Waals surface area contributed by atoms with Crippen molar-refractivity contribution in [2.45, 2.75) is 26.3 Å². The summed E-state index contributed by atoms with van der Waals surface area (Å²) in [5.41, 5.74) is 1.66. The predicted octanol–water partition coefficient (Wildman–Crippen LogP) is 0.416. The van der Waals surface area contributed by atoms with Gasteiger partial charge in [-0.15, -0.1) is 0 Å². The summed E-state index contributed by atoms with van der Waals surface area (Å²) in [5, 5.41) is 7.65. The first-order valence-electron chi connectivity index (χ1n) is 6.17. The van der Waals surface area contributed by atoms with Crippen LogP contribution in [0.25, 0.3) is 0 Å². The van der Waals surface area contributed by atoms with E-state index in [-0.39, 0.29) is 5.91 Å². The van der Waals surface area contributed by atoms with Crippen molar-refractivity contribution in [2.75, 3.05) is 19.6 Å². The number of amides is 1. The van der Waals surface area contributed by atoms with Crippen molar-refractivity contribution in [3.63, 3.8) is 0 Å². The van der Waals surface area contributed by atoms with E-state index in [1.165, 1.54) is 0 Å². The third-order valence-corrected chi connectivity index (χ3v) is 3.17.